The Kier molecular flexibility index (Phi) is 18.6. The Balaban J connectivity index is 1.06. The SMILES string of the molecule is C[C@@](Cc1ccc(O)c(OCc2ccccc2)c1)(NNC(=O)O[C@@H]1O[C@H](COCc2ccccc2)[C@H](OCc2ccccc2)[C@H](OCc2ccccc2)[C@H]1OCc1ccccc1)C(=O)OCc1ccccc1. The van der Waals surface area contributed by atoms with Crippen LogP contribution in [0.5, 0.6) is 11.5 Å². The second-order valence-electron chi connectivity index (χ2n) is 17.6. The Morgan fingerprint density at radius 3 is 1.49 bits per heavy atom. The first-order valence-electron chi connectivity index (χ1n) is 24.0. The van der Waals surface area contributed by atoms with Gasteiger partial charge in [-0.15, -0.1) is 0 Å². The minimum Gasteiger partial charge on any atom is -0.504 e. The predicted octanol–water partition coefficient (Wildman–Crippen LogP) is 9.94. The summed E-state index contributed by atoms with van der Waals surface area (Å²) in [4.78, 5) is 28.5. The van der Waals surface area contributed by atoms with Gasteiger partial charge in [0.05, 0.1) is 33.0 Å². The van der Waals surface area contributed by atoms with E-state index in [4.69, 9.17) is 37.9 Å². The average Bonchev–Trinajstić information content (AvgIpc) is 3.42. The third kappa shape index (κ3) is 15.1. The number of hydrogen-bond acceptors (Lipinski definition) is 12. The van der Waals surface area contributed by atoms with Gasteiger partial charge < -0.3 is 43.0 Å². The van der Waals surface area contributed by atoms with Gasteiger partial charge in [-0.1, -0.05) is 188 Å². The largest absolute Gasteiger partial charge is 0.504 e. The molecule has 7 aromatic carbocycles. The van der Waals surface area contributed by atoms with Crippen LogP contribution in [0.2, 0.25) is 0 Å². The molecule has 72 heavy (non-hydrogen) atoms. The second-order valence-corrected chi connectivity index (χ2v) is 17.6. The summed E-state index contributed by atoms with van der Waals surface area (Å²) in [5.41, 5.74) is 9.90. The van der Waals surface area contributed by atoms with Crippen LogP contribution in [-0.2, 0) is 84.0 Å². The predicted molar refractivity (Wildman–Crippen MR) is 270 cm³/mol. The van der Waals surface area contributed by atoms with E-state index in [1.54, 1.807) is 19.1 Å². The highest BCUT2D eigenvalue weighted by atomic mass is 16.7. The quantitative estimate of drug-likeness (QED) is 0.0391. The highest BCUT2D eigenvalue weighted by Gasteiger charge is 2.50. The van der Waals surface area contributed by atoms with Crippen molar-refractivity contribution >= 4 is 12.1 Å². The maximum Gasteiger partial charge on any atom is 0.424 e. The van der Waals surface area contributed by atoms with E-state index in [1.165, 1.54) is 6.07 Å². The fourth-order valence-electron chi connectivity index (χ4n) is 8.14. The summed E-state index contributed by atoms with van der Waals surface area (Å²) in [7, 11) is 0. The zero-order valence-corrected chi connectivity index (χ0v) is 40.1. The van der Waals surface area contributed by atoms with Gasteiger partial charge in [0.25, 0.3) is 0 Å². The lowest BCUT2D eigenvalue weighted by Gasteiger charge is -2.45. The molecular weight excluding hydrogens is 913 g/mol. The van der Waals surface area contributed by atoms with Crippen molar-refractivity contribution in [1.82, 2.24) is 10.9 Å². The minimum atomic E-state index is -1.59. The second kappa shape index (κ2) is 26.2. The van der Waals surface area contributed by atoms with Gasteiger partial charge in [0.2, 0.25) is 6.29 Å². The lowest BCUT2D eigenvalue weighted by Crippen LogP contribution is -2.63. The molecule has 3 N–H and O–H groups in total. The lowest BCUT2D eigenvalue weighted by atomic mass is 9.93. The van der Waals surface area contributed by atoms with Crippen LogP contribution in [0.3, 0.4) is 0 Å². The molecule has 1 heterocycles. The molecule has 372 valence electrons. The molecule has 8 rings (SSSR count). The zero-order chi connectivity index (χ0) is 49.8. The maximum absolute atomic E-state index is 14.3. The summed E-state index contributed by atoms with van der Waals surface area (Å²) in [5.74, 6) is -0.526. The van der Waals surface area contributed by atoms with Crippen LogP contribution in [-0.4, -0.2) is 60.0 Å². The first kappa shape index (κ1) is 51.0. The van der Waals surface area contributed by atoms with Gasteiger partial charge in [-0.2, -0.15) is 0 Å². The van der Waals surface area contributed by atoms with E-state index in [2.05, 4.69) is 10.9 Å². The third-order valence-corrected chi connectivity index (χ3v) is 12.0. The molecule has 1 amide bonds. The van der Waals surface area contributed by atoms with Gasteiger partial charge in [-0.3, -0.25) is 5.43 Å². The number of hydrogen-bond donors (Lipinski definition) is 3. The number of aromatic hydroxyl groups is 1. The number of rotatable bonds is 24. The van der Waals surface area contributed by atoms with Gasteiger partial charge in [0.1, 0.15) is 43.2 Å². The van der Waals surface area contributed by atoms with Crippen LogP contribution in [0.4, 0.5) is 4.79 Å². The van der Waals surface area contributed by atoms with Crippen LogP contribution in [0.15, 0.2) is 200 Å². The number of phenols is 1. The van der Waals surface area contributed by atoms with E-state index >= 15 is 0 Å². The van der Waals surface area contributed by atoms with Crippen molar-refractivity contribution in [2.24, 2.45) is 0 Å². The van der Waals surface area contributed by atoms with Crippen molar-refractivity contribution in [3.63, 3.8) is 0 Å². The molecule has 0 unspecified atom stereocenters. The maximum atomic E-state index is 14.3. The Labute approximate surface area is 420 Å². The van der Waals surface area contributed by atoms with Gasteiger partial charge in [-0.05, 0) is 58.0 Å². The Hall–Kier alpha value is -7.36. The molecule has 0 aromatic heterocycles. The number of amides is 1. The number of carbonyl (C=O) groups excluding carboxylic acids is 2. The molecule has 7 aromatic rings. The van der Waals surface area contributed by atoms with Gasteiger partial charge in [0.15, 0.2) is 11.5 Å². The number of carbonyl (C=O) groups is 2. The van der Waals surface area contributed by atoms with Crippen LogP contribution in [0.1, 0.15) is 45.9 Å². The summed E-state index contributed by atoms with van der Waals surface area (Å²) in [6.45, 7) is 2.63. The number of benzene rings is 7. The van der Waals surface area contributed by atoms with Crippen LogP contribution < -0.4 is 15.6 Å². The topological polar surface area (TPSA) is 152 Å². The average molecular weight is 973 g/mol. The van der Waals surface area contributed by atoms with Crippen molar-refractivity contribution < 1.29 is 52.6 Å². The lowest BCUT2D eigenvalue weighted by molar-refractivity contribution is -0.315. The molecule has 0 saturated carbocycles. The molecule has 0 aliphatic carbocycles. The van der Waals surface area contributed by atoms with E-state index in [1.807, 2.05) is 182 Å². The summed E-state index contributed by atoms with van der Waals surface area (Å²) < 4.78 is 51.3. The summed E-state index contributed by atoms with van der Waals surface area (Å²) in [6, 6.07) is 62.5. The van der Waals surface area contributed by atoms with Crippen molar-refractivity contribution in [2.75, 3.05) is 6.61 Å². The van der Waals surface area contributed by atoms with E-state index in [-0.39, 0.29) is 64.2 Å². The van der Waals surface area contributed by atoms with Gasteiger partial charge in [-0.25, -0.2) is 15.0 Å². The first-order valence-corrected chi connectivity index (χ1v) is 24.0. The highest BCUT2D eigenvalue weighted by molar-refractivity contribution is 5.81. The van der Waals surface area contributed by atoms with Gasteiger partial charge in [0, 0.05) is 6.42 Å². The van der Waals surface area contributed by atoms with Gasteiger partial charge >= 0.3 is 12.1 Å². The molecule has 0 spiro atoms. The summed E-state index contributed by atoms with van der Waals surface area (Å²) in [5, 5.41) is 10.8. The number of esters is 1. The summed E-state index contributed by atoms with van der Waals surface area (Å²) in [6.07, 6.45) is -5.89. The number of ether oxygens (including phenoxy) is 8. The van der Waals surface area contributed by atoms with E-state index in [0.717, 1.165) is 33.4 Å². The number of nitrogens with one attached hydrogen (secondary N) is 2. The van der Waals surface area contributed by atoms with Crippen LogP contribution >= 0.6 is 0 Å². The van der Waals surface area contributed by atoms with Crippen molar-refractivity contribution in [1.29, 1.82) is 0 Å². The molecule has 0 bridgehead atoms. The third-order valence-electron chi connectivity index (χ3n) is 12.0. The van der Waals surface area contributed by atoms with E-state index < -0.39 is 48.3 Å². The normalized spacial score (nSPS) is 18.3. The van der Waals surface area contributed by atoms with Crippen molar-refractivity contribution in [3.05, 3.63) is 239 Å². The zero-order valence-electron chi connectivity index (χ0n) is 40.1. The molecule has 6 atom stereocenters. The Morgan fingerprint density at radius 2 is 0.972 bits per heavy atom. The molecular formula is C59H60N2O11. The fourth-order valence-corrected chi connectivity index (χ4v) is 8.14. The van der Waals surface area contributed by atoms with E-state index in [0.29, 0.717) is 5.56 Å². The molecule has 1 fully saturated rings. The molecule has 1 aliphatic rings. The molecule has 1 saturated heterocycles. The van der Waals surface area contributed by atoms with E-state index in [9.17, 15) is 14.7 Å². The Bertz CT molecular complexity index is 2700. The molecule has 0 radical (unpaired) electrons. The molecule has 1 aliphatic heterocycles. The number of phenolic OH excluding ortho intramolecular Hbond substituents is 1. The molecule has 13 nitrogen and oxygen atoms in total. The van der Waals surface area contributed by atoms with Crippen LogP contribution in [0, 0.1) is 0 Å². The van der Waals surface area contributed by atoms with Crippen molar-refractivity contribution in [3.8, 4) is 11.5 Å². The van der Waals surface area contributed by atoms with Crippen molar-refractivity contribution in [2.45, 2.75) is 89.2 Å². The fraction of sp³-hybridized carbons (Fsp3) is 0.254. The Morgan fingerprint density at radius 1 is 0.528 bits per heavy atom. The number of hydrazine groups is 1. The first-order chi connectivity index (χ1) is 35.3. The monoisotopic (exact) mass is 972 g/mol. The minimum absolute atomic E-state index is 0.0116. The highest BCUT2D eigenvalue weighted by Crippen LogP contribution is 2.33. The smallest absolute Gasteiger partial charge is 0.424 e. The molecule has 13 heteroatoms. The van der Waals surface area contributed by atoms with Crippen LogP contribution in [0.25, 0.3) is 0 Å². The standard InChI is InChI=1S/C59H60N2O11/c1-59(57(63)70-41-48-30-18-7-19-31-48,35-49-32-33-50(62)51(34-49)66-37-44-22-10-3-11-23-44)61-60-58(64)72-56-55(69-40-47-28-16-6-17-29-47)54(68-39-46-26-14-5-15-27-46)53(67-38-45-24-12-4-13-25-45)52(71-56)42-65-36-43-20-8-2-9-21-43/h2-34,52-56,61-62H,35-42H2,1H3,(H,60,64)/t52-,53+,54+,55-,56+,59+/m1/s1. The summed E-state index contributed by atoms with van der Waals surface area (Å²) >= 11 is 0.